The van der Waals surface area contributed by atoms with Crippen LogP contribution in [0.5, 0.6) is 0 Å². The Morgan fingerprint density at radius 2 is 1.90 bits per heavy atom. The van der Waals surface area contributed by atoms with Gasteiger partial charge in [-0.05, 0) is 31.1 Å². The van der Waals surface area contributed by atoms with E-state index in [-0.39, 0.29) is 0 Å². The summed E-state index contributed by atoms with van der Waals surface area (Å²) >= 11 is 5.46. The number of hydrogen-bond donors (Lipinski definition) is 1. The molecule has 1 heterocycles. The quantitative estimate of drug-likeness (QED) is 0.508. The van der Waals surface area contributed by atoms with Gasteiger partial charge in [0.05, 0.1) is 5.69 Å². The summed E-state index contributed by atoms with van der Waals surface area (Å²) in [5, 5.41) is 0. The fourth-order valence-electron chi connectivity index (χ4n) is 2.64. The van der Waals surface area contributed by atoms with Crippen LogP contribution in [0.3, 0.4) is 0 Å². The highest BCUT2D eigenvalue weighted by atomic mass is 32.1. The predicted octanol–water partition coefficient (Wildman–Crippen LogP) is 5.74. The zero-order valence-electron chi connectivity index (χ0n) is 12.4. The molecule has 3 heteroatoms. The van der Waals surface area contributed by atoms with Crippen molar-refractivity contribution in [3.8, 4) is 11.3 Å². The van der Waals surface area contributed by atoms with E-state index >= 15 is 0 Å². The highest BCUT2D eigenvalue weighted by Gasteiger charge is 2.12. The molecule has 2 rings (SSSR count). The van der Waals surface area contributed by atoms with Gasteiger partial charge >= 0.3 is 0 Å². The van der Waals surface area contributed by atoms with Crippen LogP contribution in [0.25, 0.3) is 11.3 Å². The normalized spacial score (nSPS) is 12.5. The van der Waals surface area contributed by atoms with E-state index in [2.05, 4.69) is 47.7 Å². The first kappa shape index (κ1) is 15.0. The molecule has 0 saturated carbocycles. The minimum atomic E-state index is 0.445. The number of imidazole rings is 1. The Morgan fingerprint density at radius 1 is 1.15 bits per heavy atom. The number of nitrogens with zero attached hydrogens (tertiary/aromatic N) is 1. The van der Waals surface area contributed by atoms with Crippen molar-refractivity contribution in [1.29, 1.82) is 0 Å². The second-order valence-corrected chi connectivity index (χ2v) is 5.80. The molecule has 108 valence electrons. The molecule has 2 nitrogen and oxygen atoms in total. The molecule has 1 N–H and O–H groups in total. The number of hydrogen-bond acceptors (Lipinski definition) is 1. The Morgan fingerprint density at radius 3 is 2.60 bits per heavy atom. The maximum Gasteiger partial charge on any atom is 0.177 e. The smallest absolute Gasteiger partial charge is 0.177 e. The fraction of sp³-hybridized carbons (Fsp3) is 0.471. The lowest BCUT2D eigenvalue weighted by Crippen LogP contribution is -2.07. The molecular formula is C17H24N2S. The van der Waals surface area contributed by atoms with Gasteiger partial charge in [-0.1, -0.05) is 62.9 Å². The summed E-state index contributed by atoms with van der Waals surface area (Å²) < 4.78 is 3.09. The van der Waals surface area contributed by atoms with Gasteiger partial charge in [0.15, 0.2) is 4.77 Å². The SMILES string of the molecule is CCCCCCC(C)n1c(-c2ccccc2)c[nH]c1=S. The number of benzene rings is 1. The topological polar surface area (TPSA) is 20.7 Å². The third kappa shape index (κ3) is 3.60. The van der Waals surface area contributed by atoms with Gasteiger partial charge in [0.1, 0.15) is 0 Å². The first-order valence-corrected chi connectivity index (χ1v) is 8.00. The van der Waals surface area contributed by atoms with E-state index in [9.17, 15) is 0 Å². The van der Waals surface area contributed by atoms with Gasteiger partial charge < -0.3 is 9.55 Å². The van der Waals surface area contributed by atoms with Crippen LogP contribution in [0.4, 0.5) is 0 Å². The Kier molecular flexibility index (Phi) is 5.60. The van der Waals surface area contributed by atoms with Crippen LogP contribution in [0.15, 0.2) is 36.5 Å². The predicted molar refractivity (Wildman–Crippen MR) is 88.5 cm³/mol. The summed E-state index contributed by atoms with van der Waals surface area (Å²) in [5.41, 5.74) is 2.42. The average molecular weight is 288 g/mol. The molecule has 0 amide bonds. The molecule has 20 heavy (non-hydrogen) atoms. The van der Waals surface area contributed by atoms with E-state index in [1.807, 2.05) is 12.3 Å². The van der Waals surface area contributed by atoms with Gasteiger partial charge in [0.2, 0.25) is 0 Å². The molecule has 2 aromatic rings. The number of nitrogens with one attached hydrogen (secondary N) is 1. The van der Waals surface area contributed by atoms with Crippen LogP contribution in [0, 0.1) is 4.77 Å². The van der Waals surface area contributed by atoms with Crippen molar-refractivity contribution in [3.63, 3.8) is 0 Å². The standard InChI is InChI=1S/C17H24N2S/c1-3-4-5-7-10-14(2)19-16(13-18-17(19)20)15-11-8-6-9-12-15/h6,8-9,11-14H,3-5,7,10H2,1-2H3,(H,18,20). The molecule has 0 bridgehead atoms. The van der Waals surface area contributed by atoms with Gasteiger partial charge in [0, 0.05) is 12.2 Å². The molecule has 0 saturated heterocycles. The molecule has 0 aliphatic heterocycles. The van der Waals surface area contributed by atoms with Crippen molar-refractivity contribution in [2.24, 2.45) is 0 Å². The number of H-pyrrole nitrogens is 1. The lowest BCUT2D eigenvalue weighted by atomic mass is 10.1. The second kappa shape index (κ2) is 7.44. The number of unbranched alkanes of at least 4 members (excludes halogenated alkanes) is 3. The first-order chi connectivity index (χ1) is 9.74. The molecule has 0 spiro atoms. The molecule has 0 aliphatic carbocycles. The van der Waals surface area contributed by atoms with Gasteiger partial charge in [-0.15, -0.1) is 0 Å². The first-order valence-electron chi connectivity index (χ1n) is 7.59. The summed E-state index contributed by atoms with van der Waals surface area (Å²) in [4.78, 5) is 3.20. The maximum atomic E-state index is 5.46. The fourth-order valence-corrected chi connectivity index (χ4v) is 2.98. The van der Waals surface area contributed by atoms with Crippen molar-refractivity contribution in [3.05, 3.63) is 41.3 Å². The van der Waals surface area contributed by atoms with Crippen molar-refractivity contribution in [2.75, 3.05) is 0 Å². The zero-order chi connectivity index (χ0) is 14.4. The Hall–Kier alpha value is -1.35. The zero-order valence-corrected chi connectivity index (χ0v) is 13.2. The highest BCUT2D eigenvalue weighted by molar-refractivity contribution is 7.71. The highest BCUT2D eigenvalue weighted by Crippen LogP contribution is 2.25. The largest absolute Gasteiger partial charge is 0.337 e. The maximum absolute atomic E-state index is 5.46. The van der Waals surface area contributed by atoms with Gasteiger partial charge in [-0.25, -0.2) is 0 Å². The van der Waals surface area contributed by atoms with E-state index < -0.39 is 0 Å². The number of aromatic amines is 1. The Labute approximate surface area is 126 Å². The van der Waals surface area contributed by atoms with E-state index in [0.717, 1.165) is 4.77 Å². The molecule has 1 aromatic heterocycles. The minimum absolute atomic E-state index is 0.445. The van der Waals surface area contributed by atoms with Crippen LogP contribution < -0.4 is 0 Å². The van der Waals surface area contributed by atoms with Crippen LogP contribution in [0.1, 0.15) is 52.0 Å². The number of rotatable bonds is 7. The summed E-state index contributed by atoms with van der Waals surface area (Å²) in [6.45, 7) is 4.52. The Balaban J connectivity index is 2.15. The van der Waals surface area contributed by atoms with E-state index in [0.29, 0.717) is 6.04 Å². The third-order valence-electron chi connectivity index (χ3n) is 3.80. The molecule has 1 atom stereocenters. The molecule has 0 radical (unpaired) electrons. The minimum Gasteiger partial charge on any atom is -0.337 e. The van der Waals surface area contributed by atoms with Gasteiger partial charge in [0.25, 0.3) is 0 Å². The van der Waals surface area contributed by atoms with E-state index in [1.54, 1.807) is 0 Å². The summed E-state index contributed by atoms with van der Waals surface area (Å²) in [6.07, 6.45) is 8.42. The van der Waals surface area contributed by atoms with E-state index in [4.69, 9.17) is 12.2 Å². The van der Waals surface area contributed by atoms with Crippen LogP contribution >= 0.6 is 12.2 Å². The molecular weight excluding hydrogens is 264 g/mol. The second-order valence-electron chi connectivity index (χ2n) is 5.41. The van der Waals surface area contributed by atoms with Crippen molar-refractivity contribution in [1.82, 2.24) is 9.55 Å². The monoisotopic (exact) mass is 288 g/mol. The lowest BCUT2D eigenvalue weighted by molar-refractivity contribution is 0.472. The van der Waals surface area contributed by atoms with Crippen molar-refractivity contribution in [2.45, 2.75) is 52.0 Å². The summed E-state index contributed by atoms with van der Waals surface area (Å²) in [5.74, 6) is 0. The number of aromatic nitrogens is 2. The Bertz CT molecular complexity index is 568. The molecule has 1 aromatic carbocycles. The molecule has 1 unspecified atom stereocenters. The van der Waals surface area contributed by atoms with Crippen LogP contribution in [-0.4, -0.2) is 9.55 Å². The van der Waals surface area contributed by atoms with Gasteiger partial charge in [-0.3, -0.25) is 0 Å². The van der Waals surface area contributed by atoms with E-state index in [1.165, 1.54) is 43.4 Å². The van der Waals surface area contributed by atoms with Gasteiger partial charge in [-0.2, -0.15) is 0 Å². The molecule has 0 aliphatic rings. The van der Waals surface area contributed by atoms with Crippen LogP contribution in [0.2, 0.25) is 0 Å². The van der Waals surface area contributed by atoms with Crippen molar-refractivity contribution >= 4 is 12.2 Å². The third-order valence-corrected chi connectivity index (χ3v) is 4.11. The molecule has 0 fully saturated rings. The van der Waals surface area contributed by atoms with Crippen LogP contribution in [-0.2, 0) is 0 Å². The average Bonchev–Trinajstić information content (AvgIpc) is 2.86. The lowest BCUT2D eigenvalue weighted by Gasteiger charge is -2.17. The van der Waals surface area contributed by atoms with Crippen molar-refractivity contribution < 1.29 is 0 Å². The summed E-state index contributed by atoms with van der Waals surface area (Å²) in [7, 11) is 0. The summed E-state index contributed by atoms with van der Waals surface area (Å²) in [6, 6.07) is 10.9.